The van der Waals surface area contributed by atoms with Crippen LogP contribution >= 0.6 is 11.8 Å². The van der Waals surface area contributed by atoms with Gasteiger partial charge in [-0.15, -0.1) is 5.10 Å². The Morgan fingerprint density at radius 2 is 2.00 bits per heavy atom. The topological polar surface area (TPSA) is 132 Å². The summed E-state index contributed by atoms with van der Waals surface area (Å²) in [6, 6.07) is 3.92. The SMILES string of the molecule is O=C(O)CC1SC(=NN=Cc2cc(O)cc(O)c2)NC1=O. The van der Waals surface area contributed by atoms with Crippen LogP contribution in [0.25, 0.3) is 0 Å². The molecule has 1 aliphatic rings. The smallest absolute Gasteiger partial charge is 0.305 e. The van der Waals surface area contributed by atoms with Crippen molar-refractivity contribution in [2.75, 3.05) is 0 Å². The standard InChI is InChI=1S/C12H11N3O5S/c16-7-1-6(2-8(17)3-7)5-13-15-12-14-11(20)9(21-12)4-10(18)19/h1-3,5,9,16-17H,4H2,(H,18,19)(H,14,15,20). The van der Waals surface area contributed by atoms with Crippen LogP contribution in [0.4, 0.5) is 0 Å². The lowest BCUT2D eigenvalue weighted by molar-refractivity contribution is -0.138. The van der Waals surface area contributed by atoms with Crippen molar-refractivity contribution >= 4 is 35.0 Å². The lowest BCUT2D eigenvalue weighted by atomic mass is 10.2. The van der Waals surface area contributed by atoms with Gasteiger partial charge in [0.2, 0.25) is 5.91 Å². The van der Waals surface area contributed by atoms with Crippen LogP contribution in [0.1, 0.15) is 12.0 Å². The number of rotatable bonds is 4. The monoisotopic (exact) mass is 309 g/mol. The van der Waals surface area contributed by atoms with E-state index in [2.05, 4.69) is 15.5 Å². The number of phenolic OH excluding ortho intramolecular Hbond substituents is 2. The van der Waals surface area contributed by atoms with Crippen LogP contribution < -0.4 is 5.32 Å². The summed E-state index contributed by atoms with van der Waals surface area (Å²) in [4.78, 5) is 22.0. The molecular formula is C12H11N3O5S. The van der Waals surface area contributed by atoms with E-state index >= 15 is 0 Å². The molecule has 1 fully saturated rings. The Balaban J connectivity index is 2.03. The molecule has 9 heteroatoms. The molecule has 0 aromatic heterocycles. The summed E-state index contributed by atoms with van der Waals surface area (Å²) in [5.74, 6) is -1.72. The van der Waals surface area contributed by atoms with Crippen molar-refractivity contribution < 1.29 is 24.9 Å². The van der Waals surface area contributed by atoms with Crippen molar-refractivity contribution in [2.24, 2.45) is 10.2 Å². The summed E-state index contributed by atoms with van der Waals surface area (Å²) in [5.41, 5.74) is 0.424. The Labute approximate surface area is 123 Å². The van der Waals surface area contributed by atoms with E-state index in [1.54, 1.807) is 0 Å². The van der Waals surface area contributed by atoms with Gasteiger partial charge < -0.3 is 20.6 Å². The number of aromatic hydroxyl groups is 2. The largest absolute Gasteiger partial charge is 0.508 e. The third-order valence-corrected chi connectivity index (χ3v) is 3.49. The van der Waals surface area contributed by atoms with Gasteiger partial charge in [-0.25, -0.2) is 0 Å². The highest BCUT2D eigenvalue weighted by Crippen LogP contribution is 2.22. The number of thioether (sulfide) groups is 1. The second-order valence-electron chi connectivity index (χ2n) is 4.13. The van der Waals surface area contributed by atoms with Gasteiger partial charge in [0.25, 0.3) is 0 Å². The average molecular weight is 309 g/mol. The molecule has 0 radical (unpaired) electrons. The zero-order valence-corrected chi connectivity index (χ0v) is 11.4. The molecule has 4 N–H and O–H groups in total. The fraction of sp³-hybridized carbons (Fsp3) is 0.167. The quantitative estimate of drug-likeness (QED) is 0.473. The fourth-order valence-corrected chi connectivity index (χ4v) is 2.50. The zero-order chi connectivity index (χ0) is 15.4. The summed E-state index contributed by atoms with van der Waals surface area (Å²) < 4.78 is 0. The van der Waals surface area contributed by atoms with E-state index in [0.717, 1.165) is 11.8 Å². The predicted octanol–water partition coefficient (Wildman–Crippen LogP) is 0.494. The van der Waals surface area contributed by atoms with E-state index in [9.17, 15) is 19.8 Å². The van der Waals surface area contributed by atoms with Gasteiger partial charge in [0.1, 0.15) is 16.7 Å². The second-order valence-corrected chi connectivity index (χ2v) is 5.32. The number of aliphatic carboxylic acids is 1. The normalized spacial score (nSPS) is 20.1. The van der Waals surface area contributed by atoms with Crippen LogP contribution in [-0.4, -0.2) is 43.8 Å². The molecule has 1 aromatic carbocycles. The van der Waals surface area contributed by atoms with Gasteiger partial charge in [-0.1, -0.05) is 11.8 Å². The number of carbonyl (C=O) groups is 2. The zero-order valence-electron chi connectivity index (χ0n) is 10.6. The van der Waals surface area contributed by atoms with Gasteiger partial charge in [-0.3, -0.25) is 9.59 Å². The van der Waals surface area contributed by atoms with E-state index in [1.807, 2.05) is 0 Å². The Hall–Kier alpha value is -2.55. The van der Waals surface area contributed by atoms with E-state index in [4.69, 9.17) is 5.11 Å². The van der Waals surface area contributed by atoms with Gasteiger partial charge in [0, 0.05) is 11.6 Å². The number of amidine groups is 1. The summed E-state index contributed by atoms with van der Waals surface area (Å²) in [5, 5.41) is 36.6. The highest BCUT2D eigenvalue weighted by molar-refractivity contribution is 8.15. The van der Waals surface area contributed by atoms with Crippen molar-refractivity contribution in [1.82, 2.24) is 5.32 Å². The molecule has 1 saturated heterocycles. The van der Waals surface area contributed by atoms with Gasteiger partial charge in [0.15, 0.2) is 5.17 Å². The fourth-order valence-electron chi connectivity index (χ4n) is 1.59. The number of carboxylic acid groups (broad SMARTS) is 1. The Bertz CT molecular complexity index is 624. The molecule has 8 nitrogen and oxygen atoms in total. The van der Waals surface area contributed by atoms with Gasteiger partial charge in [0.05, 0.1) is 12.6 Å². The first-order valence-electron chi connectivity index (χ1n) is 5.77. The number of amides is 1. The van der Waals surface area contributed by atoms with Crippen molar-refractivity contribution in [3.63, 3.8) is 0 Å². The number of hydrogen-bond donors (Lipinski definition) is 4. The maximum Gasteiger partial charge on any atom is 0.305 e. The molecule has 1 aromatic rings. The first-order chi connectivity index (χ1) is 9.94. The minimum Gasteiger partial charge on any atom is -0.508 e. The van der Waals surface area contributed by atoms with Crippen LogP contribution in [0.2, 0.25) is 0 Å². The van der Waals surface area contributed by atoms with Gasteiger partial charge in [-0.2, -0.15) is 5.10 Å². The maximum atomic E-state index is 11.4. The van der Waals surface area contributed by atoms with E-state index in [1.165, 1.54) is 24.4 Å². The third-order valence-electron chi connectivity index (χ3n) is 2.42. The first-order valence-corrected chi connectivity index (χ1v) is 6.65. The number of nitrogens with one attached hydrogen (secondary N) is 1. The van der Waals surface area contributed by atoms with Crippen molar-refractivity contribution in [1.29, 1.82) is 0 Å². The van der Waals surface area contributed by atoms with Crippen LogP contribution in [-0.2, 0) is 9.59 Å². The number of carboxylic acids is 1. The number of phenols is 2. The van der Waals surface area contributed by atoms with Crippen LogP contribution in [0, 0.1) is 0 Å². The molecule has 0 spiro atoms. The summed E-state index contributed by atoms with van der Waals surface area (Å²) in [6.07, 6.45) is 0.989. The minimum absolute atomic E-state index is 0.117. The summed E-state index contributed by atoms with van der Waals surface area (Å²) in [7, 11) is 0. The molecule has 1 aliphatic heterocycles. The minimum atomic E-state index is -1.07. The molecule has 1 unspecified atom stereocenters. The lowest BCUT2D eigenvalue weighted by Crippen LogP contribution is -2.26. The van der Waals surface area contributed by atoms with Gasteiger partial charge in [-0.05, 0) is 12.1 Å². The lowest BCUT2D eigenvalue weighted by Gasteiger charge is -1.98. The number of carbonyl (C=O) groups excluding carboxylic acids is 1. The third kappa shape index (κ3) is 4.21. The van der Waals surface area contributed by atoms with Crippen LogP contribution in [0.15, 0.2) is 28.4 Å². The average Bonchev–Trinajstić information content (AvgIpc) is 2.68. The molecule has 1 amide bonds. The Morgan fingerprint density at radius 3 is 2.62 bits per heavy atom. The number of benzene rings is 1. The summed E-state index contributed by atoms with van der Waals surface area (Å²) >= 11 is 0.985. The molecule has 1 atom stereocenters. The molecule has 21 heavy (non-hydrogen) atoms. The summed E-state index contributed by atoms with van der Waals surface area (Å²) in [6.45, 7) is 0. The first kappa shape index (κ1) is 14.9. The highest BCUT2D eigenvalue weighted by atomic mass is 32.2. The molecule has 1 heterocycles. The highest BCUT2D eigenvalue weighted by Gasteiger charge is 2.32. The molecule has 0 aliphatic carbocycles. The maximum absolute atomic E-state index is 11.4. The van der Waals surface area contributed by atoms with E-state index in [-0.39, 0.29) is 23.1 Å². The van der Waals surface area contributed by atoms with E-state index < -0.39 is 17.1 Å². The Kier molecular flexibility index (Phi) is 4.43. The molecule has 0 saturated carbocycles. The van der Waals surface area contributed by atoms with Crippen LogP contribution in [0.3, 0.4) is 0 Å². The van der Waals surface area contributed by atoms with Crippen molar-refractivity contribution in [3.05, 3.63) is 23.8 Å². The molecular weight excluding hydrogens is 298 g/mol. The Morgan fingerprint density at radius 1 is 1.33 bits per heavy atom. The molecule has 2 rings (SSSR count). The van der Waals surface area contributed by atoms with Crippen LogP contribution in [0.5, 0.6) is 11.5 Å². The molecule has 110 valence electrons. The van der Waals surface area contributed by atoms with Gasteiger partial charge >= 0.3 is 5.97 Å². The van der Waals surface area contributed by atoms with Crippen molar-refractivity contribution in [3.8, 4) is 11.5 Å². The van der Waals surface area contributed by atoms with Crippen molar-refractivity contribution in [2.45, 2.75) is 11.7 Å². The second kappa shape index (κ2) is 6.27. The van der Waals surface area contributed by atoms with E-state index in [0.29, 0.717) is 5.56 Å². The molecule has 0 bridgehead atoms. The predicted molar refractivity (Wildman–Crippen MR) is 76.6 cm³/mol. The number of hydrogen-bond acceptors (Lipinski definition) is 7. The number of nitrogens with zero attached hydrogens (tertiary/aromatic N) is 2.